The Morgan fingerprint density at radius 2 is 1.77 bits per heavy atom. The first-order valence-corrected chi connectivity index (χ1v) is 12.3. The number of carbonyl (C=O) groups is 2. The molecule has 0 atom stereocenters. The van der Waals surface area contributed by atoms with Gasteiger partial charge < -0.3 is 9.64 Å². The third-order valence-corrected chi connectivity index (χ3v) is 8.23. The van der Waals surface area contributed by atoms with E-state index < -0.39 is 16.0 Å². The Balaban J connectivity index is 1.70. The van der Waals surface area contributed by atoms with Crippen LogP contribution in [-0.2, 0) is 19.6 Å². The van der Waals surface area contributed by atoms with Crippen molar-refractivity contribution in [3.63, 3.8) is 0 Å². The van der Waals surface area contributed by atoms with Crippen molar-refractivity contribution in [1.29, 1.82) is 0 Å². The van der Waals surface area contributed by atoms with Crippen molar-refractivity contribution in [3.05, 3.63) is 29.8 Å². The Labute approximate surface area is 184 Å². The largest absolute Gasteiger partial charge is 0.465 e. The highest BCUT2D eigenvalue weighted by atomic mass is 32.2. The van der Waals surface area contributed by atoms with Crippen molar-refractivity contribution in [2.45, 2.75) is 55.9 Å². The number of piperidine rings is 1. The van der Waals surface area contributed by atoms with Crippen LogP contribution in [0.3, 0.4) is 0 Å². The van der Waals surface area contributed by atoms with Gasteiger partial charge in [0, 0.05) is 25.0 Å². The molecule has 8 heteroatoms. The van der Waals surface area contributed by atoms with Crippen LogP contribution in [0.25, 0.3) is 0 Å². The van der Waals surface area contributed by atoms with Crippen molar-refractivity contribution in [2.24, 2.45) is 5.92 Å². The summed E-state index contributed by atoms with van der Waals surface area (Å²) in [7, 11) is -2.65. The lowest BCUT2D eigenvalue weighted by atomic mass is 9.91. The minimum atomic E-state index is -3.87. The van der Waals surface area contributed by atoms with Gasteiger partial charge in [0.05, 0.1) is 24.1 Å². The van der Waals surface area contributed by atoms with Crippen molar-refractivity contribution in [1.82, 2.24) is 9.21 Å². The number of amides is 1. The molecule has 3 rings (SSSR count). The number of carbonyl (C=O) groups excluding carboxylic acids is 2. The van der Waals surface area contributed by atoms with E-state index in [2.05, 4.69) is 5.92 Å². The highest BCUT2D eigenvalue weighted by Crippen LogP contribution is 2.29. The summed E-state index contributed by atoms with van der Waals surface area (Å²) in [5.74, 6) is 1.72. The zero-order chi connectivity index (χ0) is 22.4. The van der Waals surface area contributed by atoms with Gasteiger partial charge in [-0.3, -0.25) is 4.79 Å². The predicted molar refractivity (Wildman–Crippen MR) is 117 cm³/mol. The number of terminal acetylenes is 1. The molecule has 0 unspecified atom stereocenters. The van der Waals surface area contributed by atoms with Crippen LogP contribution >= 0.6 is 0 Å². The second-order valence-corrected chi connectivity index (χ2v) is 10.0. The summed E-state index contributed by atoms with van der Waals surface area (Å²) >= 11 is 0. The maximum absolute atomic E-state index is 13.2. The van der Waals surface area contributed by atoms with Gasteiger partial charge >= 0.3 is 5.97 Å². The highest BCUT2D eigenvalue weighted by Gasteiger charge is 2.37. The molecule has 168 valence electrons. The Morgan fingerprint density at radius 3 is 2.39 bits per heavy atom. The first-order valence-electron chi connectivity index (χ1n) is 10.8. The van der Waals surface area contributed by atoms with Crippen LogP contribution in [0, 0.1) is 18.3 Å². The third kappa shape index (κ3) is 5.10. The number of hydrogen-bond acceptors (Lipinski definition) is 5. The van der Waals surface area contributed by atoms with E-state index in [1.807, 2.05) is 4.90 Å². The standard InChI is InChI=1S/C23H30N2O5S/c1-3-15-25(19-9-5-4-6-10-19)22(26)18-13-16-24(17-14-18)31(28,29)21-12-8-7-11-20(21)23(27)30-2/h1,7-8,11-12,18-19H,4-6,9-10,13-17H2,2H3. The number of benzene rings is 1. The SMILES string of the molecule is C#CCN(C(=O)C1CCN(S(=O)(=O)c2ccccc2C(=O)OC)CC1)C1CCCCC1. The van der Waals surface area contributed by atoms with Gasteiger partial charge in [0.25, 0.3) is 0 Å². The summed E-state index contributed by atoms with van der Waals surface area (Å²) in [6.45, 7) is 0.750. The van der Waals surface area contributed by atoms with E-state index in [-0.39, 0.29) is 41.4 Å². The maximum Gasteiger partial charge on any atom is 0.339 e. The van der Waals surface area contributed by atoms with Crippen molar-refractivity contribution >= 4 is 21.9 Å². The Kier molecular flexibility index (Phi) is 7.74. The van der Waals surface area contributed by atoms with E-state index >= 15 is 0 Å². The van der Waals surface area contributed by atoms with Gasteiger partial charge in [0.1, 0.15) is 0 Å². The average Bonchev–Trinajstić information content (AvgIpc) is 2.82. The number of hydrogen-bond donors (Lipinski definition) is 0. The lowest BCUT2D eigenvalue weighted by Gasteiger charge is -2.38. The summed E-state index contributed by atoms with van der Waals surface area (Å²) in [5, 5.41) is 0. The van der Waals surface area contributed by atoms with Crippen LogP contribution in [0.4, 0.5) is 0 Å². The molecule has 7 nitrogen and oxygen atoms in total. The first-order chi connectivity index (χ1) is 14.9. The Morgan fingerprint density at radius 1 is 1.13 bits per heavy atom. The number of sulfonamides is 1. The summed E-state index contributed by atoms with van der Waals surface area (Å²) < 4.78 is 32.4. The fourth-order valence-electron chi connectivity index (χ4n) is 4.56. The molecule has 1 saturated heterocycles. The molecule has 1 aliphatic carbocycles. The predicted octanol–water partition coefficient (Wildman–Crippen LogP) is 2.67. The number of esters is 1. The quantitative estimate of drug-likeness (QED) is 0.496. The molecule has 1 aliphatic heterocycles. The molecule has 0 N–H and O–H groups in total. The maximum atomic E-state index is 13.2. The number of rotatable bonds is 6. The topological polar surface area (TPSA) is 84.0 Å². The fourth-order valence-corrected chi connectivity index (χ4v) is 6.21. The smallest absolute Gasteiger partial charge is 0.339 e. The molecule has 1 heterocycles. The van der Waals surface area contributed by atoms with Gasteiger partial charge in [0.2, 0.25) is 15.9 Å². The molecule has 0 spiro atoms. The second kappa shape index (κ2) is 10.3. The normalized spacial score (nSPS) is 18.8. The molecule has 0 aromatic heterocycles. The molecule has 1 aromatic rings. The van der Waals surface area contributed by atoms with Crippen molar-refractivity contribution < 1.29 is 22.7 Å². The van der Waals surface area contributed by atoms with Gasteiger partial charge in [-0.15, -0.1) is 6.42 Å². The van der Waals surface area contributed by atoms with E-state index in [4.69, 9.17) is 11.2 Å². The van der Waals surface area contributed by atoms with Gasteiger partial charge in [0.15, 0.2) is 0 Å². The van der Waals surface area contributed by atoms with Crippen LogP contribution < -0.4 is 0 Å². The van der Waals surface area contributed by atoms with Gasteiger partial charge in [-0.1, -0.05) is 37.3 Å². The summed E-state index contributed by atoms with van der Waals surface area (Å²) in [6.07, 6.45) is 11.8. The lowest BCUT2D eigenvalue weighted by Crippen LogP contribution is -2.48. The first kappa shape index (κ1) is 23.3. The van der Waals surface area contributed by atoms with Crippen LogP contribution in [0.2, 0.25) is 0 Å². The molecular formula is C23H30N2O5S. The van der Waals surface area contributed by atoms with Gasteiger partial charge in [-0.05, 0) is 37.8 Å². The number of nitrogens with zero attached hydrogens (tertiary/aromatic N) is 2. The van der Waals surface area contributed by atoms with E-state index in [0.29, 0.717) is 19.4 Å². The molecule has 1 saturated carbocycles. The zero-order valence-corrected chi connectivity index (χ0v) is 18.8. The minimum Gasteiger partial charge on any atom is -0.465 e. The molecule has 2 fully saturated rings. The number of ether oxygens (including phenoxy) is 1. The van der Waals surface area contributed by atoms with Crippen molar-refractivity contribution in [2.75, 3.05) is 26.7 Å². The number of methoxy groups -OCH3 is 1. The molecule has 0 radical (unpaired) electrons. The summed E-state index contributed by atoms with van der Waals surface area (Å²) in [6, 6.07) is 6.22. The van der Waals surface area contributed by atoms with Crippen LogP contribution in [0.5, 0.6) is 0 Å². The molecule has 31 heavy (non-hydrogen) atoms. The highest BCUT2D eigenvalue weighted by molar-refractivity contribution is 7.89. The van der Waals surface area contributed by atoms with Crippen molar-refractivity contribution in [3.8, 4) is 12.3 Å². The Hall–Kier alpha value is -2.37. The van der Waals surface area contributed by atoms with E-state index in [1.54, 1.807) is 12.1 Å². The molecule has 1 amide bonds. The van der Waals surface area contributed by atoms with Crippen LogP contribution in [0.15, 0.2) is 29.2 Å². The minimum absolute atomic E-state index is 0.0145. The molecule has 2 aliphatic rings. The fraction of sp³-hybridized carbons (Fsp3) is 0.565. The summed E-state index contributed by atoms with van der Waals surface area (Å²) in [5.41, 5.74) is 0.0145. The summed E-state index contributed by atoms with van der Waals surface area (Å²) in [4.78, 5) is 27.0. The zero-order valence-electron chi connectivity index (χ0n) is 18.0. The molecule has 0 bridgehead atoms. The van der Waals surface area contributed by atoms with Crippen LogP contribution in [0.1, 0.15) is 55.3 Å². The van der Waals surface area contributed by atoms with E-state index in [1.165, 1.54) is 30.0 Å². The molecular weight excluding hydrogens is 416 g/mol. The Bertz CT molecular complexity index is 939. The molecule has 1 aromatic carbocycles. The average molecular weight is 447 g/mol. The second-order valence-electron chi connectivity index (χ2n) is 8.13. The third-order valence-electron chi connectivity index (χ3n) is 6.27. The monoisotopic (exact) mass is 446 g/mol. The van der Waals surface area contributed by atoms with Crippen LogP contribution in [-0.4, -0.2) is 62.3 Å². The van der Waals surface area contributed by atoms with E-state index in [9.17, 15) is 18.0 Å². The van der Waals surface area contributed by atoms with Gasteiger partial charge in [-0.25, -0.2) is 13.2 Å². The lowest BCUT2D eigenvalue weighted by molar-refractivity contribution is -0.139. The van der Waals surface area contributed by atoms with Gasteiger partial charge in [-0.2, -0.15) is 4.31 Å². The van der Waals surface area contributed by atoms with E-state index in [0.717, 1.165) is 25.7 Å².